The SMILES string of the molecule is CCn1c(CSc2nc3ccccc3s2)nnc1SCC(=O)NCC(=O)Nc1c(C)cc(C)cc1C. The fourth-order valence-electron chi connectivity index (χ4n) is 3.81. The topological polar surface area (TPSA) is 102 Å². The molecule has 2 heterocycles. The summed E-state index contributed by atoms with van der Waals surface area (Å²) in [6.45, 7) is 8.58. The van der Waals surface area contributed by atoms with Crippen LogP contribution in [0.4, 0.5) is 5.69 Å². The van der Waals surface area contributed by atoms with Gasteiger partial charge in [-0.05, 0) is 51.0 Å². The first-order valence-electron chi connectivity index (χ1n) is 11.5. The van der Waals surface area contributed by atoms with Crippen LogP contribution in [0.15, 0.2) is 45.9 Å². The summed E-state index contributed by atoms with van der Waals surface area (Å²) in [4.78, 5) is 29.4. The number of para-hydroxylation sites is 1. The highest BCUT2D eigenvalue weighted by molar-refractivity contribution is 8.00. The van der Waals surface area contributed by atoms with Gasteiger partial charge in [0.2, 0.25) is 11.8 Å². The third-order valence-corrected chi connectivity index (χ3v) is 8.57. The van der Waals surface area contributed by atoms with Gasteiger partial charge < -0.3 is 15.2 Å². The lowest BCUT2D eigenvalue weighted by atomic mass is 10.1. The summed E-state index contributed by atoms with van der Waals surface area (Å²) in [5.41, 5.74) is 4.94. The number of aryl methyl sites for hydroxylation is 3. The second-order valence-electron chi connectivity index (χ2n) is 8.27. The fourth-order valence-corrected chi connectivity index (χ4v) is 6.67. The molecule has 0 bridgehead atoms. The normalized spacial score (nSPS) is 11.1. The Labute approximate surface area is 222 Å². The largest absolute Gasteiger partial charge is 0.346 e. The van der Waals surface area contributed by atoms with Crippen molar-refractivity contribution < 1.29 is 9.59 Å². The molecule has 0 aliphatic rings. The van der Waals surface area contributed by atoms with Crippen molar-refractivity contribution in [3.63, 3.8) is 0 Å². The Hall–Kier alpha value is -2.89. The van der Waals surface area contributed by atoms with Gasteiger partial charge in [-0.2, -0.15) is 0 Å². The van der Waals surface area contributed by atoms with Gasteiger partial charge in [-0.3, -0.25) is 9.59 Å². The second kappa shape index (κ2) is 11.9. The van der Waals surface area contributed by atoms with Crippen LogP contribution >= 0.6 is 34.9 Å². The Morgan fingerprint density at radius 2 is 1.78 bits per heavy atom. The molecule has 0 saturated carbocycles. The first-order valence-corrected chi connectivity index (χ1v) is 14.3. The summed E-state index contributed by atoms with van der Waals surface area (Å²) in [5.74, 6) is 1.15. The van der Waals surface area contributed by atoms with Crippen molar-refractivity contribution in [3.8, 4) is 0 Å². The lowest BCUT2D eigenvalue weighted by Crippen LogP contribution is -2.34. The molecular formula is C25H28N6O2S3. The zero-order valence-electron chi connectivity index (χ0n) is 20.6. The average Bonchev–Trinajstić information content (AvgIpc) is 3.45. The van der Waals surface area contributed by atoms with Crippen LogP contribution in [-0.4, -0.2) is 43.9 Å². The molecule has 11 heteroatoms. The number of benzene rings is 2. The molecule has 36 heavy (non-hydrogen) atoms. The molecule has 0 saturated heterocycles. The van der Waals surface area contributed by atoms with E-state index in [0.29, 0.717) is 17.5 Å². The minimum absolute atomic E-state index is 0.0866. The van der Waals surface area contributed by atoms with Crippen molar-refractivity contribution in [2.45, 2.75) is 49.5 Å². The highest BCUT2D eigenvalue weighted by Gasteiger charge is 2.15. The summed E-state index contributed by atoms with van der Waals surface area (Å²) in [6, 6.07) is 12.1. The lowest BCUT2D eigenvalue weighted by molar-refractivity contribution is -0.122. The van der Waals surface area contributed by atoms with Gasteiger partial charge in [0.25, 0.3) is 0 Å². The van der Waals surface area contributed by atoms with Crippen LogP contribution in [-0.2, 0) is 21.9 Å². The van der Waals surface area contributed by atoms with Crippen LogP contribution in [0, 0.1) is 20.8 Å². The molecule has 2 aromatic heterocycles. The maximum absolute atomic E-state index is 12.4. The van der Waals surface area contributed by atoms with Crippen LogP contribution in [0.3, 0.4) is 0 Å². The molecule has 4 aromatic rings. The Morgan fingerprint density at radius 1 is 1.03 bits per heavy atom. The van der Waals surface area contributed by atoms with E-state index in [1.807, 2.05) is 62.6 Å². The van der Waals surface area contributed by atoms with Gasteiger partial charge in [-0.1, -0.05) is 53.4 Å². The Balaban J connectivity index is 1.26. The number of amides is 2. The van der Waals surface area contributed by atoms with Gasteiger partial charge in [0, 0.05) is 12.2 Å². The number of fused-ring (bicyclic) bond motifs is 1. The highest BCUT2D eigenvalue weighted by atomic mass is 32.2. The average molecular weight is 541 g/mol. The molecule has 8 nitrogen and oxygen atoms in total. The molecule has 2 aromatic carbocycles. The van der Waals surface area contributed by atoms with E-state index in [1.165, 1.54) is 11.8 Å². The molecule has 0 unspecified atom stereocenters. The van der Waals surface area contributed by atoms with E-state index in [0.717, 1.165) is 42.8 Å². The predicted molar refractivity (Wildman–Crippen MR) is 148 cm³/mol. The molecule has 0 spiro atoms. The van der Waals surface area contributed by atoms with Crippen LogP contribution in [0.5, 0.6) is 0 Å². The molecule has 0 atom stereocenters. The molecule has 0 aliphatic carbocycles. The molecule has 188 valence electrons. The number of carbonyl (C=O) groups excluding carboxylic acids is 2. The van der Waals surface area contributed by atoms with Gasteiger partial charge in [-0.25, -0.2) is 4.98 Å². The van der Waals surface area contributed by atoms with E-state index in [4.69, 9.17) is 0 Å². The number of hydrogen-bond acceptors (Lipinski definition) is 8. The number of thioether (sulfide) groups is 2. The van der Waals surface area contributed by atoms with Gasteiger partial charge in [0.15, 0.2) is 9.50 Å². The standard InChI is InChI=1S/C25H28N6O2S3/c1-5-31-20(13-35-25-27-18-8-6-7-9-19(18)36-25)29-30-24(31)34-14-22(33)26-12-21(32)28-23-16(3)10-15(2)11-17(23)4/h6-11H,5,12-14H2,1-4H3,(H,26,33)(H,28,32). The minimum atomic E-state index is -0.255. The van der Waals surface area contributed by atoms with E-state index in [1.54, 1.807) is 23.1 Å². The minimum Gasteiger partial charge on any atom is -0.346 e. The number of hydrogen-bond donors (Lipinski definition) is 2. The highest BCUT2D eigenvalue weighted by Crippen LogP contribution is 2.31. The maximum atomic E-state index is 12.4. The summed E-state index contributed by atoms with van der Waals surface area (Å²) in [7, 11) is 0. The van der Waals surface area contributed by atoms with E-state index in [-0.39, 0.29) is 24.1 Å². The number of carbonyl (C=O) groups is 2. The molecule has 0 fully saturated rings. The first-order chi connectivity index (χ1) is 17.3. The fraction of sp³-hybridized carbons (Fsp3) is 0.320. The number of nitrogens with zero attached hydrogens (tertiary/aromatic N) is 4. The summed E-state index contributed by atoms with van der Waals surface area (Å²) in [6.07, 6.45) is 0. The van der Waals surface area contributed by atoms with Crippen molar-refractivity contribution in [2.75, 3.05) is 17.6 Å². The van der Waals surface area contributed by atoms with Crippen LogP contribution in [0.1, 0.15) is 29.4 Å². The quantitative estimate of drug-likeness (QED) is 0.274. The zero-order chi connectivity index (χ0) is 25.7. The van der Waals surface area contributed by atoms with Gasteiger partial charge in [0.05, 0.1) is 28.3 Å². The van der Waals surface area contributed by atoms with Crippen LogP contribution in [0.2, 0.25) is 0 Å². The van der Waals surface area contributed by atoms with Crippen molar-refractivity contribution in [2.24, 2.45) is 0 Å². The Morgan fingerprint density at radius 3 is 2.50 bits per heavy atom. The number of thiazole rings is 1. The van der Waals surface area contributed by atoms with E-state index in [9.17, 15) is 9.59 Å². The molecule has 2 N–H and O–H groups in total. The monoisotopic (exact) mass is 540 g/mol. The molecule has 4 rings (SSSR count). The number of rotatable bonds is 10. The maximum Gasteiger partial charge on any atom is 0.243 e. The van der Waals surface area contributed by atoms with Crippen molar-refractivity contribution in [1.29, 1.82) is 0 Å². The van der Waals surface area contributed by atoms with Crippen molar-refractivity contribution >= 4 is 62.6 Å². The van der Waals surface area contributed by atoms with E-state index >= 15 is 0 Å². The third kappa shape index (κ3) is 6.45. The number of nitrogens with one attached hydrogen (secondary N) is 2. The van der Waals surface area contributed by atoms with E-state index in [2.05, 4.69) is 31.9 Å². The van der Waals surface area contributed by atoms with Crippen molar-refractivity contribution in [1.82, 2.24) is 25.1 Å². The number of anilines is 1. The van der Waals surface area contributed by atoms with Gasteiger partial charge >= 0.3 is 0 Å². The van der Waals surface area contributed by atoms with Crippen molar-refractivity contribution in [3.05, 3.63) is 58.9 Å². The summed E-state index contributed by atoms with van der Waals surface area (Å²) in [5, 5.41) is 14.9. The predicted octanol–water partition coefficient (Wildman–Crippen LogP) is 4.97. The van der Waals surface area contributed by atoms with Gasteiger partial charge in [-0.15, -0.1) is 21.5 Å². The molecule has 2 amide bonds. The number of aromatic nitrogens is 4. The van der Waals surface area contributed by atoms with Crippen LogP contribution in [0.25, 0.3) is 10.2 Å². The first kappa shape index (κ1) is 26.2. The smallest absolute Gasteiger partial charge is 0.243 e. The molecular weight excluding hydrogens is 513 g/mol. The molecule has 0 radical (unpaired) electrons. The Kier molecular flexibility index (Phi) is 8.65. The summed E-state index contributed by atoms with van der Waals surface area (Å²) < 4.78 is 4.16. The zero-order valence-corrected chi connectivity index (χ0v) is 23.1. The molecule has 0 aliphatic heterocycles. The van der Waals surface area contributed by atoms with Gasteiger partial charge in [0.1, 0.15) is 5.82 Å². The van der Waals surface area contributed by atoms with Crippen LogP contribution < -0.4 is 10.6 Å². The summed E-state index contributed by atoms with van der Waals surface area (Å²) >= 11 is 4.61. The lowest BCUT2D eigenvalue weighted by Gasteiger charge is -2.13. The third-order valence-electron chi connectivity index (χ3n) is 5.43. The van der Waals surface area contributed by atoms with E-state index < -0.39 is 0 Å². The Bertz CT molecular complexity index is 1340. The second-order valence-corrected chi connectivity index (χ2v) is 11.5.